The Hall–Kier alpha value is -4.12. The number of para-hydroxylation sites is 1. The fraction of sp³-hybridized carbons (Fsp3) is 0.0769. The highest BCUT2D eigenvalue weighted by Gasteiger charge is 2.30. The summed E-state index contributed by atoms with van der Waals surface area (Å²) >= 11 is 0. The molecule has 3 aromatic rings. The maximum atomic E-state index is 12.7. The Bertz CT molecular complexity index is 1210. The monoisotopic (exact) mass is 412 g/mol. The Kier molecular flexibility index (Phi) is 5.67. The number of hydrogen-bond acceptors (Lipinski definition) is 5. The number of allylic oxidation sites excluding steroid dienone is 3. The number of esters is 1. The largest absolute Gasteiger partial charge is 0.496 e. The van der Waals surface area contributed by atoms with Gasteiger partial charge in [-0.25, -0.2) is 4.79 Å². The van der Waals surface area contributed by atoms with Gasteiger partial charge < -0.3 is 14.2 Å². The van der Waals surface area contributed by atoms with Crippen LogP contribution < -0.4 is 14.2 Å². The number of rotatable bonds is 5. The van der Waals surface area contributed by atoms with Gasteiger partial charge >= 0.3 is 5.97 Å². The van der Waals surface area contributed by atoms with Gasteiger partial charge in [0, 0.05) is 6.07 Å². The van der Waals surface area contributed by atoms with E-state index in [4.69, 9.17) is 14.2 Å². The van der Waals surface area contributed by atoms with E-state index in [2.05, 4.69) is 0 Å². The lowest BCUT2D eigenvalue weighted by atomic mass is 10.0. The van der Waals surface area contributed by atoms with Crippen molar-refractivity contribution in [1.82, 2.24) is 0 Å². The van der Waals surface area contributed by atoms with Gasteiger partial charge in [-0.05, 0) is 42.3 Å². The molecule has 0 N–H and O–H groups in total. The molecule has 0 amide bonds. The lowest BCUT2D eigenvalue weighted by Crippen LogP contribution is -2.10. The Morgan fingerprint density at radius 3 is 2.52 bits per heavy atom. The number of Topliss-reactive ketones (excluding diaryl/α,β-unsaturated/α-hetero) is 1. The third kappa shape index (κ3) is 4.26. The van der Waals surface area contributed by atoms with E-state index < -0.39 is 5.97 Å². The number of hydrogen-bond donors (Lipinski definition) is 0. The smallest absolute Gasteiger partial charge is 0.347 e. The van der Waals surface area contributed by atoms with Crippen LogP contribution in [0.15, 0.2) is 84.6 Å². The van der Waals surface area contributed by atoms with Crippen molar-refractivity contribution < 1.29 is 23.8 Å². The predicted molar refractivity (Wildman–Crippen MR) is 118 cm³/mol. The molecule has 0 radical (unpaired) electrons. The van der Waals surface area contributed by atoms with Crippen LogP contribution in [0.5, 0.6) is 17.2 Å². The lowest BCUT2D eigenvalue weighted by Gasteiger charge is -2.10. The molecule has 1 aliphatic rings. The highest BCUT2D eigenvalue weighted by atomic mass is 16.5. The molecule has 0 spiro atoms. The number of aryl methyl sites for hydroxylation is 1. The molecular formula is C26H20O5. The summed E-state index contributed by atoms with van der Waals surface area (Å²) in [6.07, 6.45) is 5.29. The zero-order chi connectivity index (χ0) is 21.8. The van der Waals surface area contributed by atoms with Crippen LogP contribution in [-0.4, -0.2) is 18.9 Å². The third-order valence-electron chi connectivity index (χ3n) is 4.82. The van der Waals surface area contributed by atoms with E-state index in [-0.39, 0.29) is 11.5 Å². The minimum Gasteiger partial charge on any atom is -0.496 e. The van der Waals surface area contributed by atoms with Crippen molar-refractivity contribution >= 4 is 17.8 Å². The molecule has 0 aromatic heterocycles. The molecule has 0 unspecified atom stereocenters. The second-order valence-electron chi connectivity index (χ2n) is 6.94. The summed E-state index contributed by atoms with van der Waals surface area (Å²) < 4.78 is 16.5. The topological polar surface area (TPSA) is 61.8 Å². The summed E-state index contributed by atoms with van der Waals surface area (Å²) in [4.78, 5) is 25.3. The number of methoxy groups -OCH3 is 1. The van der Waals surface area contributed by atoms with Crippen molar-refractivity contribution in [2.45, 2.75) is 6.92 Å². The fourth-order valence-corrected chi connectivity index (χ4v) is 3.34. The first kappa shape index (κ1) is 20.2. The van der Waals surface area contributed by atoms with Crippen LogP contribution in [0.4, 0.5) is 0 Å². The fourth-order valence-electron chi connectivity index (χ4n) is 3.34. The molecule has 5 heteroatoms. The highest BCUT2D eigenvalue weighted by Crippen LogP contribution is 2.37. The Morgan fingerprint density at radius 1 is 1.00 bits per heavy atom. The van der Waals surface area contributed by atoms with Crippen molar-refractivity contribution in [1.29, 1.82) is 0 Å². The second-order valence-corrected chi connectivity index (χ2v) is 6.94. The number of benzene rings is 3. The van der Waals surface area contributed by atoms with E-state index in [1.54, 1.807) is 55.5 Å². The summed E-state index contributed by atoms with van der Waals surface area (Å²) in [7, 11) is 1.49. The van der Waals surface area contributed by atoms with E-state index >= 15 is 0 Å². The zero-order valence-corrected chi connectivity index (χ0v) is 17.1. The van der Waals surface area contributed by atoms with Gasteiger partial charge in [-0.3, -0.25) is 4.79 Å². The van der Waals surface area contributed by atoms with Crippen LogP contribution in [0.3, 0.4) is 0 Å². The second kappa shape index (κ2) is 8.71. The van der Waals surface area contributed by atoms with Gasteiger partial charge in [-0.1, -0.05) is 54.6 Å². The molecule has 1 aliphatic heterocycles. The summed E-state index contributed by atoms with van der Waals surface area (Å²) in [6, 6.07) is 19.8. The van der Waals surface area contributed by atoms with Gasteiger partial charge in [-0.2, -0.15) is 0 Å². The number of carbonyl (C=O) groups is 2. The molecular weight excluding hydrogens is 392 g/mol. The number of ketones is 1. The molecule has 0 bridgehead atoms. The molecule has 1 heterocycles. The maximum absolute atomic E-state index is 12.7. The van der Waals surface area contributed by atoms with E-state index in [0.29, 0.717) is 33.9 Å². The molecule has 0 atom stereocenters. The summed E-state index contributed by atoms with van der Waals surface area (Å²) in [5.41, 5.74) is 2.47. The van der Waals surface area contributed by atoms with Crippen LogP contribution in [0, 0.1) is 6.92 Å². The molecule has 4 rings (SSSR count). The minimum absolute atomic E-state index is 0.201. The SMILES string of the molecule is COc1ccccc1C(=O)Oc1cc(C)c2c(c1)O/C(=C\C=C\c1ccccc1)C2=O. The average Bonchev–Trinajstić information content (AvgIpc) is 3.10. The summed E-state index contributed by atoms with van der Waals surface area (Å²) in [5.74, 6) is 0.550. The van der Waals surface area contributed by atoms with Gasteiger partial charge in [0.05, 0.1) is 12.7 Å². The summed E-state index contributed by atoms with van der Waals surface area (Å²) in [6.45, 7) is 1.78. The van der Waals surface area contributed by atoms with E-state index in [0.717, 1.165) is 5.56 Å². The quantitative estimate of drug-likeness (QED) is 0.319. The van der Waals surface area contributed by atoms with Gasteiger partial charge in [0.15, 0.2) is 5.76 Å². The Labute approximate surface area is 180 Å². The van der Waals surface area contributed by atoms with Crippen LogP contribution in [0.25, 0.3) is 6.08 Å². The molecule has 0 saturated carbocycles. The zero-order valence-electron chi connectivity index (χ0n) is 17.1. The van der Waals surface area contributed by atoms with Crippen molar-refractivity contribution in [3.8, 4) is 17.2 Å². The molecule has 5 nitrogen and oxygen atoms in total. The molecule has 0 fully saturated rings. The van der Waals surface area contributed by atoms with Gasteiger partial charge in [0.1, 0.15) is 22.8 Å². The van der Waals surface area contributed by atoms with Crippen LogP contribution in [0.1, 0.15) is 31.8 Å². The predicted octanol–water partition coefficient (Wildman–Crippen LogP) is 5.40. The Balaban J connectivity index is 1.55. The molecule has 0 aliphatic carbocycles. The average molecular weight is 412 g/mol. The van der Waals surface area contributed by atoms with Crippen molar-refractivity contribution in [3.63, 3.8) is 0 Å². The van der Waals surface area contributed by atoms with Crippen LogP contribution in [-0.2, 0) is 0 Å². The van der Waals surface area contributed by atoms with Crippen molar-refractivity contribution in [3.05, 3.63) is 107 Å². The minimum atomic E-state index is -0.553. The number of carbonyl (C=O) groups excluding carboxylic acids is 2. The third-order valence-corrected chi connectivity index (χ3v) is 4.82. The highest BCUT2D eigenvalue weighted by molar-refractivity contribution is 6.13. The first-order chi connectivity index (χ1) is 15.1. The van der Waals surface area contributed by atoms with Gasteiger partial charge in [0.2, 0.25) is 5.78 Å². The van der Waals surface area contributed by atoms with Crippen molar-refractivity contribution in [2.75, 3.05) is 7.11 Å². The summed E-state index contributed by atoms with van der Waals surface area (Å²) in [5, 5.41) is 0. The Morgan fingerprint density at radius 2 is 1.74 bits per heavy atom. The van der Waals surface area contributed by atoms with Gasteiger partial charge in [0.25, 0.3) is 0 Å². The van der Waals surface area contributed by atoms with Gasteiger partial charge in [-0.15, -0.1) is 0 Å². The normalized spacial score (nSPS) is 13.9. The standard InChI is InChI=1S/C26H20O5/c1-17-15-19(30-26(28)20-12-6-7-13-21(20)29-2)16-23-24(17)25(27)22(31-23)14-8-11-18-9-4-3-5-10-18/h3-16H,1-2H3/b11-8+,22-14-. The maximum Gasteiger partial charge on any atom is 0.347 e. The van der Waals surface area contributed by atoms with E-state index in [1.807, 2.05) is 36.4 Å². The van der Waals surface area contributed by atoms with Crippen LogP contribution in [0.2, 0.25) is 0 Å². The number of fused-ring (bicyclic) bond motifs is 1. The number of ether oxygens (including phenoxy) is 3. The molecule has 3 aromatic carbocycles. The molecule has 0 saturated heterocycles. The lowest BCUT2D eigenvalue weighted by molar-refractivity contribution is 0.0731. The molecule has 31 heavy (non-hydrogen) atoms. The van der Waals surface area contributed by atoms with Crippen LogP contribution >= 0.6 is 0 Å². The first-order valence-corrected chi connectivity index (χ1v) is 9.72. The van der Waals surface area contributed by atoms with E-state index in [9.17, 15) is 9.59 Å². The van der Waals surface area contributed by atoms with Crippen molar-refractivity contribution in [2.24, 2.45) is 0 Å². The molecule has 154 valence electrons. The first-order valence-electron chi connectivity index (χ1n) is 9.72. The van der Waals surface area contributed by atoms with E-state index in [1.165, 1.54) is 7.11 Å².